The Balaban J connectivity index is 1.47. The number of ether oxygens (including phenoxy) is 1. The normalized spacial score (nSPS) is 18.2. The van der Waals surface area contributed by atoms with Gasteiger partial charge in [-0.15, -0.1) is 11.3 Å². The molecule has 0 bridgehead atoms. The molecule has 0 unspecified atom stereocenters. The second-order valence-electron chi connectivity index (χ2n) is 6.31. The molecule has 2 aliphatic rings. The smallest absolute Gasteiger partial charge is 0.185 e. The summed E-state index contributed by atoms with van der Waals surface area (Å²) < 4.78 is 5.72. The van der Waals surface area contributed by atoms with Gasteiger partial charge in [0.15, 0.2) is 5.13 Å². The summed E-state index contributed by atoms with van der Waals surface area (Å²) in [7, 11) is 2.12. The first-order valence-electron chi connectivity index (χ1n) is 8.27. The monoisotopic (exact) mass is 309 g/mol. The van der Waals surface area contributed by atoms with Gasteiger partial charge in [0.2, 0.25) is 0 Å². The molecule has 118 valence electrons. The van der Waals surface area contributed by atoms with E-state index in [1.165, 1.54) is 36.3 Å². The van der Waals surface area contributed by atoms with E-state index in [9.17, 15) is 0 Å². The van der Waals surface area contributed by atoms with E-state index in [1.807, 2.05) is 11.3 Å². The van der Waals surface area contributed by atoms with Gasteiger partial charge in [0.25, 0.3) is 0 Å². The maximum atomic E-state index is 5.72. The van der Waals surface area contributed by atoms with Crippen LogP contribution in [0.15, 0.2) is 0 Å². The molecule has 0 aromatic carbocycles. The van der Waals surface area contributed by atoms with Gasteiger partial charge >= 0.3 is 0 Å². The van der Waals surface area contributed by atoms with Gasteiger partial charge in [-0.3, -0.25) is 0 Å². The van der Waals surface area contributed by atoms with Crippen LogP contribution in [0.1, 0.15) is 43.2 Å². The van der Waals surface area contributed by atoms with Crippen molar-refractivity contribution in [2.24, 2.45) is 5.92 Å². The van der Waals surface area contributed by atoms with Gasteiger partial charge in [0.1, 0.15) is 0 Å². The lowest BCUT2D eigenvalue weighted by Gasteiger charge is -2.15. The third kappa shape index (κ3) is 4.66. The van der Waals surface area contributed by atoms with Gasteiger partial charge in [-0.2, -0.15) is 0 Å². The van der Waals surface area contributed by atoms with Crippen molar-refractivity contribution in [3.63, 3.8) is 0 Å². The number of aromatic nitrogens is 1. The third-order valence-electron chi connectivity index (χ3n) is 4.18. The molecule has 0 saturated heterocycles. The maximum absolute atomic E-state index is 5.72. The van der Waals surface area contributed by atoms with Crippen molar-refractivity contribution in [2.45, 2.75) is 51.6 Å². The van der Waals surface area contributed by atoms with E-state index >= 15 is 0 Å². The summed E-state index contributed by atoms with van der Waals surface area (Å²) in [5.74, 6) is 0.849. The van der Waals surface area contributed by atoms with Crippen molar-refractivity contribution in [1.29, 1.82) is 0 Å². The highest BCUT2D eigenvalue weighted by Gasteiger charge is 2.22. The topological polar surface area (TPSA) is 37.4 Å². The van der Waals surface area contributed by atoms with Crippen molar-refractivity contribution in [3.8, 4) is 0 Å². The summed E-state index contributed by atoms with van der Waals surface area (Å²) in [6.07, 6.45) is 6.42. The molecule has 5 heteroatoms. The Labute approximate surface area is 131 Å². The average Bonchev–Trinajstić information content (AvgIpc) is 3.40. The summed E-state index contributed by atoms with van der Waals surface area (Å²) >= 11 is 1.84. The molecule has 1 heterocycles. The van der Waals surface area contributed by atoms with Crippen molar-refractivity contribution >= 4 is 16.5 Å². The number of nitrogens with zero attached hydrogens (tertiary/aromatic N) is 2. The van der Waals surface area contributed by atoms with E-state index in [4.69, 9.17) is 9.72 Å². The quantitative estimate of drug-likeness (QED) is 0.674. The number of rotatable bonds is 10. The van der Waals surface area contributed by atoms with Crippen LogP contribution >= 0.6 is 11.3 Å². The number of thiazole rings is 1. The average molecular weight is 309 g/mol. The van der Waals surface area contributed by atoms with Gasteiger partial charge in [-0.1, -0.05) is 6.92 Å². The Morgan fingerprint density at radius 1 is 1.33 bits per heavy atom. The predicted molar refractivity (Wildman–Crippen MR) is 88.2 cm³/mol. The fourth-order valence-corrected chi connectivity index (χ4v) is 3.39. The molecule has 1 aromatic heterocycles. The number of hydrogen-bond donors (Lipinski definition) is 1. The van der Waals surface area contributed by atoms with Crippen LogP contribution in [0.3, 0.4) is 0 Å². The predicted octanol–water partition coefficient (Wildman–Crippen LogP) is 2.82. The lowest BCUT2D eigenvalue weighted by molar-refractivity contribution is 0.131. The first-order valence-corrected chi connectivity index (χ1v) is 9.08. The zero-order chi connectivity index (χ0) is 14.7. The first kappa shape index (κ1) is 15.3. The summed E-state index contributed by atoms with van der Waals surface area (Å²) in [5.41, 5.74) is 1.26. The summed E-state index contributed by atoms with van der Waals surface area (Å²) in [5, 5.41) is 4.73. The van der Waals surface area contributed by atoms with E-state index in [2.05, 4.69) is 24.2 Å². The SMILES string of the molecule is CCc1nc(N(C)CCOCC2CC2)sc1CNC1CC1. The minimum Gasteiger partial charge on any atom is -0.379 e. The lowest BCUT2D eigenvalue weighted by Crippen LogP contribution is -2.22. The van der Waals surface area contributed by atoms with Crippen molar-refractivity contribution in [2.75, 3.05) is 31.7 Å². The number of anilines is 1. The molecule has 0 atom stereocenters. The first-order chi connectivity index (χ1) is 10.3. The van der Waals surface area contributed by atoms with E-state index in [1.54, 1.807) is 0 Å². The molecule has 1 aromatic rings. The van der Waals surface area contributed by atoms with Crippen LogP contribution in [0.2, 0.25) is 0 Å². The fourth-order valence-electron chi connectivity index (χ4n) is 2.30. The highest BCUT2D eigenvalue weighted by molar-refractivity contribution is 7.15. The molecule has 2 saturated carbocycles. The standard InChI is InChI=1S/C16H27N3OS/c1-3-14-15(10-17-13-6-7-13)21-16(18-14)19(2)8-9-20-11-12-4-5-12/h12-13,17H,3-11H2,1-2H3. The largest absolute Gasteiger partial charge is 0.379 e. The molecule has 0 spiro atoms. The summed E-state index contributed by atoms with van der Waals surface area (Å²) in [6, 6.07) is 0.758. The van der Waals surface area contributed by atoms with Crippen molar-refractivity contribution < 1.29 is 4.74 Å². The van der Waals surface area contributed by atoms with Crippen molar-refractivity contribution in [1.82, 2.24) is 10.3 Å². The highest BCUT2D eigenvalue weighted by Crippen LogP contribution is 2.29. The van der Waals surface area contributed by atoms with Crippen LogP contribution in [0.4, 0.5) is 5.13 Å². The van der Waals surface area contributed by atoms with Gasteiger partial charge in [0.05, 0.1) is 12.3 Å². The third-order valence-corrected chi connectivity index (χ3v) is 5.39. The minimum absolute atomic E-state index is 0.758. The highest BCUT2D eigenvalue weighted by atomic mass is 32.1. The van der Waals surface area contributed by atoms with E-state index in [0.717, 1.165) is 49.8 Å². The van der Waals surface area contributed by atoms with Gasteiger partial charge in [-0.25, -0.2) is 4.98 Å². The Bertz CT molecular complexity index is 454. The van der Waals surface area contributed by atoms with E-state index in [-0.39, 0.29) is 0 Å². The Hall–Kier alpha value is -0.650. The molecule has 1 N–H and O–H groups in total. The van der Waals surface area contributed by atoms with Crippen molar-refractivity contribution in [3.05, 3.63) is 10.6 Å². The molecule has 2 aliphatic carbocycles. The van der Waals surface area contributed by atoms with Crippen LogP contribution in [-0.4, -0.2) is 37.8 Å². The fraction of sp³-hybridized carbons (Fsp3) is 0.812. The summed E-state index contributed by atoms with van der Waals surface area (Å²) in [4.78, 5) is 8.44. The van der Waals surface area contributed by atoms with Gasteiger partial charge in [0, 0.05) is 37.7 Å². The molecule has 3 rings (SSSR count). The molecule has 21 heavy (non-hydrogen) atoms. The number of aryl methyl sites for hydroxylation is 1. The van der Waals surface area contributed by atoms with E-state index in [0.29, 0.717) is 0 Å². The molecule has 4 nitrogen and oxygen atoms in total. The summed E-state index contributed by atoms with van der Waals surface area (Å²) in [6.45, 7) is 5.86. The molecular weight excluding hydrogens is 282 g/mol. The Kier molecular flexibility index (Phi) is 5.14. The van der Waals surface area contributed by atoms with Gasteiger partial charge in [-0.05, 0) is 38.0 Å². The molecule has 0 amide bonds. The van der Waals surface area contributed by atoms with Crippen LogP contribution in [0.25, 0.3) is 0 Å². The van der Waals surface area contributed by atoms with Crippen LogP contribution in [0, 0.1) is 5.92 Å². The van der Waals surface area contributed by atoms with E-state index < -0.39 is 0 Å². The molecule has 0 radical (unpaired) electrons. The molecule has 0 aliphatic heterocycles. The second kappa shape index (κ2) is 7.07. The zero-order valence-corrected chi connectivity index (χ0v) is 14.0. The number of likely N-dealkylation sites (N-methyl/N-ethyl adjacent to an activating group) is 1. The van der Waals surface area contributed by atoms with Crippen LogP contribution in [0.5, 0.6) is 0 Å². The lowest BCUT2D eigenvalue weighted by atomic mass is 10.3. The second-order valence-corrected chi connectivity index (χ2v) is 7.38. The Morgan fingerprint density at radius 2 is 2.14 bits per heavy atom. The molecule has 2 fully saturated rings. The van der Waals surface area contributed by atoms with Crippen LogP contribution < -0.4 is 10.2 Å². The van der Waals surface area contributed by atoms with Gasteiger partial charge < -0.3 is 15.0 Å². The Morgan fingerprint density at radius 3 is 2.81 bits per heavy atom. The molecular formula is C16H27N3OS. The number of nitrogens with one attached hydrogen (secondary N) is 1. The number of hydrogen-bond acceptors (Lipinski definition) is 5. The minimum atomic E-state index is 0.758. The van der Waals surface area contributed by atoms with Crippen LogP contribution in [-0.2, 0) is 17.7 Å². The maximum Gasteiger partial charge on any atom is 0.185 e. The zero-order valence-electron chi connectivity index (χ0n) is 13.2.